The lowest BCUT2D eigenvalue weighted by atomic mass is 9.91. The summed E-state index contributed by atoms with van der Waals surface area (Å²) in [7, 11) is 0. The van der Waals surface area contributed by atoms with Gasteiger partial charge in [-0.1, -0.05) is 20.8 Å². The fourth-order valence-corrected chi connectivity index (χ4v) is 0.283. The van der Waals surface area contributed by atoms with Gasteiger partial charge in [0.2, 0.25) is 5.78 Å². The molecule has 0 aromatic carbocycles. The van der Waals surface area contributed by atoms with E-state index >= 15 is 0 Å². The average molecular weight is 138 g/mol. The number of hydrogen-bond donors (Lipinski definition) is 0. The van der Waals surface area contributed by atoms with Crippen molar-refractivity contribution in [1.82, 2.24) is 0 Å². The zero-order chi connectivity index (χ0) is 8.20. The lowest BCUT2D eigenvalue weighted by Gasteiger charge is -2.10. The maximum atomic E-state index is 10.9. The Morgan fingerprint density at radius 3 is 2.20 bits per heavy atom. The first-order valence-corrected chi connectivity index (χ1v) is 2.98. The molecular weight excluding hydrogens is 128 g/mol. The lowest BCUT2D eigenvalue weighted by molar-refractivity contribution is -0.120. The van der Waals surface area contributed by atoms with Gasteiger partial charge in [-0.3, -0.25) is 9.59 Å². The van der Waals surface area contributed by atoms with E-state index in [-0.39, 0.29) is 5.78 Å². The van der Waals surface area contributed by atoms with Crippen LogP contribution in [0.4, 0.5) is 0 Å². The third-order valence-corrected chi connectivity index (χ3v) is 0.926. The molecule has 0 unspecified atom stereocenters. The quantitative estimate of drug-likeness (QED) is 0.282. The summed E-state index contributed by atoms with van der Waals surface area (Å²) in [6.07, 6.45) is 0.420. The van der Waals surface area contributed by atoms with Crippen LogP contribution in [0.2, 0.25) is 0 Å². The average Bonchev–Trinajstić information content (AvgIpc) is 1.80. The number of hydrogen-bond acceptors (Lipinski definition) is 2. The minimum atomic E-state index is -0.462. The van der Waals surface area contributed by atoms with Gasteiger partial charge in [-0.15, -0.1) is 0 Å². The van der Waals surface area contributed by atoms with Crippen molar-refractivity contribution in [2.24, 2.45) is 5.41 Å². The number of aldehydes is 1. The van der Waals surface area contributed by atoms with E-state index in [1.165, 1.54) is 0 Å². The van der Waals surface area contributed by atoms with Crippen molar-refractivity contribution in [2.45, 2.75) is 20.8 Å². The van der Waals surface area contributed by atoms with Crippen molar-refractivity contribution in [2.75, 3.05) is 0 Å². The molecule has 2 nitrogen and oxygen atoms in total. The predicted octanol–water partition coefficient (Wildman–Crippen LogP) is 0.804. The van der Waals surface area contributed by atoms with Gasteiger partial charge in [0.1, 0.15) is 0 Å². The normalized spacial score (nSPS) is 9.50. The molecule has 54 valence electrons. The highest BCUT2D eigenvalue weighted by Crippen LogP contribution is 2.12. The van der Waals surface area contributed by atoms with E-state index < -0.39 is 5.41 Å². The minimum Gasteiger partial charge on any atom is -0.289 e. The molecule has 0 heterocycles. The first-order valence-electron chi connectivity index (χ1n) is 2.98. The van der Waals surface area contributed by atoms with Gasteiger partial charge in [0.15, 0.2) is 6.29 Å². The fraction of sp³-hybridized carbons (Fsp3) is 0.500. The van der Waals surface area contributed by atoms with Crippen molar-refractivity contribution < 1.29 is 9.59 Å². The van der Waals surface area contributed by atoms with Crippen LogP contribution in [0.3, 0.4) is 0 Å². The first-order chi connectivity index (χ1) is 4.48. The van der Waals surface area contributed by atoms with Crippen LogP contribution in [0.5, 0.6) is 0 Å². The van der Waals surface area contributed by atoms with Gasteiger partial charge in [0.05, 0.1) is 0 Å². The maximum absolute atomic E-state index is 10.9. The molecule has 0 aliphatic rings. The molecule has 0 amide bonds. The van der Waals surface area contributed by atoms with Crippen LogP contribution >= 0.6 is 0 Å². The van der Waals surface area contributed by atoms with Crippen LogP contribution < -0.4 is 0 Å². The van der Waals surface area contributed by atoms with Crippen LogP contribution in [-0.2, 0) is 9.59 Å². The number of ketones is 1. The van der Waals surface area contributed by atoms with Gasteiger partial charge < -0.3 is 0 Å². The minimum absolute atomic E-state index is 0.209. The van der Waals surface area contributed by atoms with Gasteiger partial charge in [-0.05, 0) is 11.8 Å². The topological polar surface area (TPSA) is 34.1 Å². The van der Waals surface area contributed by atoms with E-state index in [0.29, 0.717) is 6.29 Å². The highest BCUT2D eigenvalue weighted by atomic mass is 16.1. The molecule has 0 radical (unpaired) electrons. The Hall–Kier alpha value is -1.10. The fourth-order valence-electron chi connectivity index (χ4n) is 0.283. The number of rotatable bonds is 0. The van der Waals surface area contributed by atoms with E-state index in [1.807, 2.05) is 0 Å². The van der Waals surface area contributed by atoms with Gasteiger partial charge in [-0.2, -0.15) is 0 Å². The monoisotopic (exact) mass is 138 g/mol. The second kappa shape index (κ2) is 3.17. The Morgan fingerprint density at radius 1 is 1.40 bits per heavy atom. The van der Waals surface area contributed by atoms with Gasteiger partial charge in [-0.25, -0.2) is 0 Å². The number of Topliss-reactive ketones (excluding diaryl/α,β-unsaturated/α-hetero) is 1. The summed E-state index contributed by atoms with van der Waals surface area (Å²) in [4.78, 5) is 20.6. The van der Waals surface area contributed by atoms with E-state index in [2.05, 4.69) is 11.8 Å². The Kier molecular flexibility index (Phi) is 2.82. The van der Waals surface area contributed by atoms with E-state index in [1.54, 1.807) is 20.8 Å². The maximum Gasteiger partial charge on any atom is 0.211 e. The molecule has 0 aromatic rings. The first kappa shape index (κ1) is 8.90. The summed E-state index contributed by atoms with van der Waals surface area (Å²) < 4.78 is 0. The molecule has 10 heavy (non-hydrogen) atoms. The van der Waals surface area contributed by atoms with Crippen molar-refractivity contribution in [3.05, 3.63) is 0 Å². The number of carbonyl (C=O) groups excluding carboxylic acids is 2. The van der Waals surface area contributed by atoms with Crippen molar-refractivity contribution in [1.29, 1.82) is 0 Å². The number of carbonyl (C=O) groups is 2. The standard InChI is InChI=1S/C8H10O2/c1-8(2,3)7(10)5-4-6-9/h6H,1-3H3. The van der Waals surface area contributed by atoms with Crippen LogP contribution in [0.15, 0.2) is 0 Å². The molecule has 0 aliphatic carbocycles. The van der Waals surface area contributed by atoms with E-state index in [0.717, 1.165) is 0 Å². The van der Waals surface area contributed by atoms with Gasteiger partial charge in [0, 0.05) is 5.41 Å². The predicted molar refractivity (Wildman–Crippen MR) is 38.3 cm³/mol. The van der Waals surface area contributed by atoms with Crippen LogP contribution in [0, 0.1) is 17.3 Å². The van der Waals surface area contributed by atoms with E-state index in [4.69, 9.17) is 0 Å². The van der Waals surface area contributed by atoms with Crippen LogP contribution in [0.1, 0.15) is 20.8 Å². The smallest absolute Gasteiger partial charge is 0.211 e. The molecule has 0 fully saturated rings. The Bertz CT molecular complexity index is 198. The molecule has 0 N–H and O–H groups in total. The highest BCUT2D eigenvalue weighted by molar-refractivity contribution is 6.01. The molecular formula is C8H10O2. The van der Waals surface area contributed by atoms with Crippen LogP contribution in [-0.4, -0.2) is 12.1 Å². The summed E-state index contributed by atoms with van der Waals surface area (Å²) >= 11 is 0. The summed E-state index contributed by atoms with van der Waals surface area (Å²) in [5.74, 6) is 4.08. The van der Waals surface area contributed by atoms with E-state index in [9.17, 15) is 9.59 Å². The summed E-state index contributed by atoms with van der Waals surface area (Å²) in [6, 6.07) is 0. The second-order valence-corrected chi connectivity index (χ2v) is 2.97. The summed E-state index contributed by atoms with van der Waals surface area (Å²) in [5.41, 5.74) is -0.462. The van der Waals surface area contributed by atoms with Crippen molar-refractivity contribution in [3.8, 4) is 11.8 Å². The molecule has 0 atom stereocenters. The molecule has 0 saturated carbocycles. The third kappa shape index (κ3) is 3.03. The Labute approximate surface area is 60.6 Å². The lowest BCUT2D eigenvalue weighted by Crippen LogP contribution is -2.17. The molecule has 0 aliphatic heterocycles. The molecule has 0 saturated heterocycles. The van der Waals surface area contributed by atoms with Gasteiger partial charge >= 0.3 is 0 Å². The van der Waals surface area contributed by atoms with Crippen molar-refractivity contribution in [3.63, 3.8) is 0 Å². The second-order valence-electron chi connectivity index (χ2n) is 2.97. The van der Waals surface area contributed by atoms with Gasteiger partial charge in [0.25, 0.3) is 0 Å². The zero-order valence-electron chi connectivity index (χ0n) is 6.39. The molecule has 0 aromatic heterocycles. The Balaban J connectivity index is 4.25. The zero-order valence-corrected chi connectivity index (χ0v) is 6.39. The van der Waals surface area contributed by atoms with Crippen LogP contribution in [0.25, 0.3) is 0 Å². The molecule has 0 rings (SSSR count). The summed E-state index contributed by atoms with van der Waals surface area (Å²) in [6.45, 7) is 5.28. The van der Waals surface area contributed by atoms with Crippen molar-refractivity contribution >= 4 is 12.1 Å². The molecule has 2 heteroatoms. The molecule has 0 bridgehead atoms. The SMILES string of the molecule is CC(C)(C)C(=O)C#CC=O. The Morgan fingerprint density at radius 2 is 1.90 bits per heavy atom. The highest BCUT2D eigenvalue weighted by Gasteiger charge is 2.18. The summed E-state index contributed by atoms with van der Waals surface area (Å²) in [5, 5.41) is 0. The molecule has 0 spiro atoms. The third-order valence-electron chi connectivity index (χ3n) is 0.926. The largest absolute Gasteiger partial charge is 0.289 e.